The van der Waals surface area contributed by atoms with Crippen LogP contribution in [0.25, 0.3) is 10.9 Å². The smallest absolute Gasteiger partial charge is 0.262 e. The first-order valence-electron chi connectivity index (χ1n) is 10.1. The van der Waals surface area contributed by atoms with E-state index >= 15 is 0 Å². The Balaban J connectivity index is 1.93. The van der Waals surface area contributed by atoms with Crippen molar-refractivity contribution in [3.8, 4) is 0 Å². The molecule has 0 radical (unpaired) electrons. The second-order valence-electron chi connectivity index (χ2n) is 7.70. The minimum absolute atomic E-state index is 0.146. The van der Waals surface area contributed by atoms with Crippen LogP contribution in [0.15, 0.2) is 59.0 Å². The lowest BCUT2D eigenvalue weighted by atomic mass is 9.98. The second-order valence-corrected chi connectivity index (χ2v) is 9.45. The van der Waals surface area contributed by atoms with Crippen LogP contribution >= 0.6 is 23.4 Å². The maximum Gasteiger partial charge on any atom is 0.262 e. The molecule has 5 nitrogen and oxygen atoms in total. The first-order chi connectivity index (χ1) is 14.7. The van der Waals surface area contributed by atoms with E-state index < -0.39 is 5.25 Å². The number of nitrogens with one attached hydrogen (secondary N) is 1. The highest BCUT2D eigenvalue weighted by atomic mass is 35.5. The van der Waals surface area contributed by atoms with Gasteiger partial charge in [0.15, 0.2) is 5.16 Å². The molecule has 1 aromatic heterocycles. The molecule has 1 heterocycles. The maximum atomic E-state index is 13.0. The third-order valence-electron chi connectivity index (χ3n) is 5.02. The molecule has 3 aromatic rings. The van der Waals surface area contributed by atoms with Crippen molar-refractivity contribution in [1.82, 2.24) is 9.55 Å². The van der Waals surface area contributed by atoms with Gasteiger partial charge < -0.3 is 5.32 Å². The number of fused-ring (bicyclic) bond motifs is 1. The Morgan fingerprint density at radius 1 is 1.29 bits per heavy atom. The van der Waals surface area contributed by atoms with E-state index in [1.54, 1.807) is 31.2 Å². The van der Waals surface area contributed by atoms with Crippen LogP contribution in [0, 0.1) is 6.92 Å². The number of hydrogen-bond donors (Lipinski definition) is 1. The monoisotopic (exact) mass is 455 g/mol. The van der Waals surface area contributed by atoms with E-state index in [2.05, 4.69) is 30.7 Å². The number of nitrogens with zero attached hydrogens (tertiary/aromatic N) is 2. The molecule has 2 aromatic carbocycles. The van der Waals surface area contributed by atoms with Gasteiger partial charge in [0, 0.05) is 17.3 Å². The molecule has 0 aliphatic heterocycles. The van der Waals surface area contributed by atoms with Crippen molar-refractivity contribution >= 4 is 45.9 Å². The number of aryl methyl sites for hydroxylation is 1. The predicted octanol–water partition coefficient (Wildman–Crippen LogP) is 5.79. The van der Waals surface area contributed by atoms with Crippen molar-refractivity contribution in [3.05, 3.63) is 75.6 Å². The minimum Gasteiger partial charge on any atom is -0.325 e. The summed E-state index contributed by atoms with van der Waals surface area (Å²) in [5.74, 6) is 0.134. The van der Waals surface area contributed by atoms with Crippen LogP contribution in [0.5, 0.6) is 0 Å². The summed E-state index contributed by atoms with van der Waals surface area (Å²) in [6.45, 7) is 12.0. The summed E-state index contributed by atoms with van der Waals surface area (Å²) in [6.07, 6.45) is 1.64. The fourth-order valence-electron chi connectivity index (χ4n) is 3.33. The summed E-state index contributed by atoms with van der Waals surface area (Å²) in [5, 5.41) is 4.04. The molecule has 0 aliphatic rings. The standard InChI is InChI=1S/C24H26ClN3O2S/c1-6-12-28-23(30)19-11-10-17(25)13-20(19)26-24(28)31-16(5)22(29)27-21-15(4)8-7-9-18(21)14(2)3/h6-11,13-14,16H,1,12H2,2-5H3,(H,27,29). The Morgan fingerprint density at radius 2 is 2.03 bits per heavy atom. The Hall–Kier alpha value is -2.57. The Bertz CT molecular complexity index is 1200. The quantitative estimate of drug-likeness (QED) is 0.278. The van der Waals surface area contributed by atoms with E-state index in [1.807, 2.05) is 25.1 Å². The number of aromatic nitrogens is 2. The van der Waals surface area contributed by atoms with Crippen molar-refractivity contribution < 1.29 is 4.79 Å². The van der Waals surface area contributed by atoms with Gasteiger partial charge in [-0.2, -0.15) is 0 Å². The number of allylic oxidation sites excluding steroid dienone is 1. The Kier molecular flexibility index (Phi) is 7.23. The first kappa shape index (κ1) is 23.1. The second kappa shape index (κ2) is 9.71. The molecule has 7 heteroatoms. The first-order valence-corrected chi connectivity index (χ1v) is 11.4. The number of hydrogen-bond acceptors (Lipinski definition) is 4. The molecule has 3 rings (SSSR count). The SMILES string of the molecule is C=CCn1c(SC(C)C(=O)Nc2c(C)cccc2C(C)C)nc2cc(Cl)ccc2c1=O. The average Bonchev–Trinajstić information content (AvgIpc) is 2.71. The predicted molar refractivity (Wildman–Crippen MR) is 130 cm³/mol. The van der Waals surface area contributed by atoms with Gasteiger partial charge in [-0.15, -0.1) is 6.58 Å². The molecular weight excluding hydrogens is 430 g/mol. The fourth-order valence-corrected chi connectivity index (χ4v) is 4.42. The van der Waals surface area contributed by atoms with Gasteiger partial charge in [0.25, 0.3) is 5.56 Å². The number of halogens is 1. The number of rotatable bonds is 7. The third kappa shape index (κ3) is 5.02. The van der Waals surface area contributed by atoms with Crippen molar-refractivity contribution in [1.29, 1.82) is 0 Å². The highest BCUT2D eigenvalue weighted by Gasteiger charge is 2.21. The zero-order chi connectivity index (χ0) is 22.7. The van der Waals surface area contributed by atoms with E-state index in [-0.39, 0.29) is 17.4 Å². The molecule has 0 saturated carbocycles. The molecule has 0 aliphatic carbocycles. The van der Waals surface area contributed by atoms with Gasteiger partial charge in [0.2, 0.25) is 5.91 Å². The molecule has 1 amide bonds. The number of amides is 1. The highest BCUT2D eigenvalue weighted by Crippen LogP contribution is 2.29. The lowest BCUT2D eigenvalue weighted by Crippen LogP contribution is -2.27. The van der Waals surface area contributed by atoms with Gasteiger partial charge in [0.05, 0.1) is 16.2 Å². The molecule has 1 unspecified atom stereocenters. The summed E-state index contributed by atoms with van der Waals surface area (Å²) < 4.78 is 1.53. The lowest BCUT2D eigenvalue weighted by Gasteiger charge is -2.19. The minimum atomic E-state index is -0.473. The van der Waals surface area contributed by atoms with Crippen LogP contribution in [-0.4, -0.2) is 20.7 Å². The van der Waals surface area contributed by atoms with E-state index in [4.69, 9.17) is 11.6 Å². The normalized spacial score (nSPS) is 12.2. The lowest BCUT2D eigenvalue weighted by molar-refractivity contribution is -0.115. The van der Waals surface area contributed by atoms with Crippen molar-refractivity contribution in [2.24, 2.45) is 0 Å². The zero-order valence-electron chi connectivity index (χ0n) is 18.1. The molecule has 162 valence electrons. The number of benzene rings is 2. The van der Waals surface area contributed by atoms with Gasteiger partial charge in [-0.25, -0.2) is 4.98 Å². The van der Waals surface area contributed by atoms with Gasteiger partial charge in [0.1, 0.15) is 0 Å². The van der Waals surface area contributed by atoms with Crippen LogP contribution < -0.4 is 10.9 Å². The molecule has 0 fully saturated rings. The topological polar surface area (TPSA) is 64.0 Å². The largest absolute Gasteiger partial charge is 0.325 e. The third-order valence-corrected chi connectivity index (χ3v) is 6.35. The van der Waals surface area contributed by atoms with Crippen molar-refractivity contribution in [2.45, 2.75) is 50.6 Å². The Morgan fingerprint density at radius 3 is 2.71 bits per heavy atom. The summed E-state index contributed by atoms with van der Waals surface area (Å²) in [7, 11) is 0. The van der Waals surface area contributed by atoms with E-state index in [0.29, 0.717) is 27.6 Å². The number of carbonyl (C=O) groups excluding carboxylic acids is 1. The molecule has 0 bridgehead atoms. The summed E-state index contributed by atoms with van der Waals surface area (Å²) >= 11 is 7.33. The van der Waals surface area contributed by atoms with Gasteiger partial charge >= 0.3 is 0 Å². The van der Waals surface area contributed by atoms with Crippen molar-refractivity contribution in [2.75, 3.05) is 5.32 Å². The van der Waals surface area contributed by atoms with E-state index in [0.717, 1.165) is 16.8 Å². The zero-order valence-corrected chi connectivity index (χ0v) is 19.7. The molecule has 1 N–H and O–H groups in total. The van der Waals surface area contributed by atoms with E-state index in [1.165, 1.54) is 16.3 Å². The van der Waals surface area contributed by atoms with Gasteiger partial charge in [-0.05, 0) is 49.1 Å². The Labute approximate surface area is 191 Å². The average molecular weight is 456 g/mol. The maximum absolute atomic E-state index is 13.0. The van der Waals surface area contributed by atoms with Gasteiger partial charge in [-0.1, -0.05) is 61.5 Å². The summed E-state index contributed by atoms with van der Waals surface area (Å²) in [5.41, 5.74) is 3.27. The number of anilines is 1. The van der Waals surface area contributed by atoms with E-state index in [9.17, 15) is 9.59 Å². The molecule has 0 spiro atoms. The van der Waals surface area contributed by atoms with Gasteiger partial charge in [-0.3, -0.25) is 14.2 Å². The number of thioether (sulfide) groups is 1. The molecule has 0 saturated heterocycles. The number of carbonyl (C=O) groups is 1. The highest BCUT2D eigenvalue weighted by molar-refractivity contribution is 8.00. The van der Waals surface area contributed by atoms with Crippen LogP contribution in [0.1, 0.15) is 37.8 Å². The summed E-state index contributed by atoms with van der Waals surface area (Å²) in [4.78, 5) is 30.6. The molecule has 31 heavy (non-hydrogen) atoms. The number of para-hydroxylation sites is 1. The van der Waals surface area contributed by atoms with Crippen LogP contribution in [0.2, 0.25) is 5.02 Å². The van der Waals surface area contributed by atoms with Crippen LogP contribution in [0.3, 0.4) is 0 Å². The molecule has 1 atom stereocenters. The van der Waals surface area contributed by atoms with Crippen LogP contribution in [-0.2, 0) is 11.3 Å². The fraction of sp³-hybridized carbons (Fsp3) is 0.292. The van der Waals surface area contributed by atoms with Crippen molar-refractivity contribution in [3.63, 3.8) is 0 Å². The van der Waals surface area contributed by atoms with Crippen LogP contribution in [0.4, 0.5) is 5.69 Å². The summed E-state index contributed by atoms with van der Waals surface area (Å²) in [6, 6.07) is 11.0. The molecular formula is C24H26ClN3O2S.